The van der Waals surface area contributed by atoms with E-state index in [1.54, 1.807) is 19.1 Å². The summed E-state index contributed by atoms with van der Waals surface area (Å²) < 4.78 is 16.4. The van der Waals surface area contributed by atoms with Gasteiger partial charge in [0.05, 0.1) is 11.0 Å². The van der Waals surface area contributed by atoms with Crippen molar-refractivity contribution in [3.8, 4) is 5.75 Å². The normalized spacial score (nSPS) is 15.4. The largest absolute Gasteiger partial charge is 0.479 e. The van der Waals surface area contributed by atoms with Crippen molar-refractivity contribution in [3.05, 3.63) is 57.5 Å². The van der Waals surface area contributed by atoms with Gasteiger partial charge in [0, 0.05) is 19.2 Å². The van der Waals surface area contributed by atoms with E-state index >= 15 is 0 Å². The minimum absolute atomic E-state index is 0.0430. The fourth-order valence-electron chi connectivity index (χ4n) is 2.85. The summed E-state index contributed by atoms with van der Waals surface area (Å²) in [4.78, 5) is 22.8. The molecule has 160 valence electrons. The molecule has 0 bridgehead atoms. The molecule has 1 aliphatic rings. The summed E-state index contributed by atoms with van der Waals surface area (Å²) in [7, 11) is 0. The van der Waals surface area contributed by atoms with Crippen LogP contribution in [0.5, 0.6) is 5.75 Å². The van der Waals surface area contributed by atoms with Crippen molar-refractivity contribution in [2.45, 2.75) is 32.5 Å². The van der Waals surface area contributed by atoms with Gasteiger partial charge in [-0.2, -0.15) is 0 Å². The van der Waals surface area contributed by atoms with Crippen molar-refractivity contribution in [1.82, 2.24) is 16.2 Å². The number of nitrogens with zero attached hydrogens (tertiary/aromatic N) is 1. The van der Waals surface area contributed by atoms with E-state index in [1.165, 1.54) is 18.2 Å². The van der Waals surface area contributed by atoms with Crippen molar-refractivity contribution in [1.29, 1.82) is 0 Å². The number of nitro groups is 1. The van der Waals surface area contributed by atoms with Gasteiger partial charge in [-0.1, -0.05) is 6.07 Å². The van der Waals surface area contributed by atoms with Crippen LogP contribution >= 0.6 is 12.2 Å². The molecule has 1 atom stereocenters. The molecule has 1 aliphatic heterocycles. The first kappa shape index (κ1) is 21.5. The number of carbonyl (C=O) groups is 1. The van der Waals surface area contributed by atoms with Gasteiger partial charge >= 0.3 is 11.6 Å². The lowest BCUT2D eigenvalue weighted by molar-refractivity contribution is -0.386. The van der Waals surface area contributed by atoms with E-state index in [9.17, 15) is 14.9 Å². The molecule has 2 heterocycles. The van der Waals surface area contributed by atoms with E-state index in [0.29, 0.717) is 12.3 Å². The fraction of sp³-hybridized carbons (Fsp3) is 0.368. The minimum Gasteiger partial charge on any atom is -0.479 e. The zero-order valence-corrected chi connectivity index (χ0v) is 17.1. The molecule has 0 spiro atoms. The van der Waals surface area contributed by atoms with Crippen LogP contribution in [0.3, 0.4) is 0 Å². The molecule has 0 radical (unpaired) electrons. The van der Waals surface area contributed by atoms with Gasteiger partial charge in [-0.3, -0.25) is 25.8 Å². The molecule has 1 fully saturated rings. The Balaban J connectivity index is 1.46. The Bertz CT molecular complexity index is 925. The zero-order chi connectivity index (χ0) is 21.5. The fourth-order valence-corrected chi connectivity index (χ4v) is 2.98. The SMILES string of the molecule is Cc1ccc(OCc2ccc(C(=O)NNC(=S)NC[C@H]3CCCO3)o2)c([N+](=O)[O-])c1. The maximum Gasteiger partial charge on any atom is 0.311 e. The summed E-state index contributed by atoms with van der Waals surface area (Å²) in [6.45, 7) is 3.01. The highest BCUT2D eigenvalue weighted by Crippen LogP contribution is 2.28. The monoisotopic (exact) mass is 434 g/mol. The average molecular weight is 434 g/mol. The molecular formula is C19H22N4O6S. The maximum absolute atomic E-state index is 12.2. The summed E-state index contributed by atoms with van der Waals surface area (Å²) >= 11 is 5.10. The van der Waals surface area contributed by atoms with Crippen LogP contribution in [-0.2, 0) is 11.3 Å². The van der Waals surface area contributed by atoms with Gasteiger partial charge in [-0.25, -0.2) is 0 Å². The highest BCUT2D eigenvalue weighted by Gasteiger charge is 2.18. The number of ether oxygens (including phenoxy) is 2. The predicted molar refractivity (Wildman–Crippen MR) is 111 cm³/mol. The number of rotatable bonds is 7. The summed E-state index contributed by atoms with van der Waals surface area (Å²) in [5, 5.41) is 14.4. The average Bonchev–Trinajstić information content (AvgIpc) is 3.41. The van der Waals surface area contributed by atoms with Gasteiger partial charge in [0.1, 0.15) is 12.4 Å². The highest BCUT2D eigenvalue weighted by molar-refractivity contribution is 7.80. The van der Waals surface area contributed by atoms with Crippen LogP contribution in [0.2, 0.25) is 0 Å². The van der Waals surface area contributed by atoms with Gasteiger partial charge in [0.2, 0.25) is 0 Å². The third-order valence-corrected chi connectivity index (χ3v) is 4.62. The maximum atomic E-state index is 12.2. The van der Waals surface area contributed by atoms with E-state index in [4.69, 9.17) is 26.1 Å². The Morgan fingerprint density at radius 1 is 1.33 bits per heavy atom. The van der Waals surface area contributed by atoms with Crippen molar-refractivity contribution < 1.29 is 23.6 Å². The second-order valence-corrected chi connectivity index (χ2v) is 7.12. The number of benzene rings is 1. The number of aryl methyl sites for hydroxylation is 1. The number of nitrogens with one attached hydrogen (secondary N) is 3. The van der Waals surface area contributed by atoms with Gasteiger partial charge in [0.25, 0.3) is 0 Å². The Hall–Kier alpha value is -3.18. The Morgan fingerprint density at radius 3 is 2.90 bits per heavy atom. The number of thiocarbonyl (C=S) groups is 1. The van der Waals surface area contributed by atoms with Crippen molar-refractivity contribution in [3.63, 3.8) is 0 Å². The van der Waals surface area contributed by atoms with Gasteiger partial charge in [0.15, 0.2) is 16.6 Å². The number of amides is 1. The quantitative estimate of drug-likeness (QED) is 0.342. The predicted octanol–water partition coefficient (Wildman–Crippen LogP) is 2.36. The second kappa shape index (κ2) is 10.0. The number of hydrogen-bond acceptors (Lipinski definition) is 7. The molecule has 1 aromatic carbocycles. The molecule has 1 amide bonds. The Morgan fingerprint density at radius 2 is 2.17 bits per heavy atom. The number of furan rings is 1. The van der Waals surface area contributed by atoms with Crippen molar-refractivity contribution in [2.75, 3.05) is 13.2 Å². The van der Waals surface area contributed by atoms with Gasteiger partial charge < -0.3 is 19.2 Å². The number of hydrogen-bond donors (Lipinski definition) is 3. The standard InChI is InChI=1S/C19H22N4O6S/c1-12-4-6-16(15(9-12)23(25)26)28-11-14-5-7-17(29-14)18(24)21-22-19(30)20-10-13-3-2-8-27-13/h4-7,9,13H,2-3,8,10-11H2,1H3,(H,21,24)(H2,20,22,30)/t13-/m1/s1. The summed E-state index contributed by atoms with van der Waals surface area (Å²) in [5.74, 6) is -0.0169. The van der Waals surface area contributed by atoms with E-state index in [-0.39, 0.29) is 35.0 Å². The van der Waals surface area contributed by atoms with Crippen LogP contribution in [0.15, 0.2) is 34.7 Å². The van der Waals surface area contributed by atoms with Crippen molar-refractivity contribution in [2.24, 2.45) is 0 Å². The molecule has 0 aliphatic carbocycles. The lowest BCUT2D eigenvalue weighted by Crippen LogP contribution is -2.48. The van der Waals surface area contributed by atoms with Gasteiger partial charge in [-0.15, -0.1) is 0 Å². The van der Waals surface area contributed by atoms with Crippen LogP contribution in [0.4, 0.5) is 5.69 Å². The number of hydrazine groups is 1. The van der Waals surface area contributed by atoms with Crippen LogP contribution in [0, 0.1) is 17.0 Å². The topological polar surface area (TPSA) is 128 Å². The molecule has 3 rings (SSSR count). The number of carbonyl (C=O) groups excluding carboxylic acids is 1. The number of nitro benzene ring substituents is 1. The first-order valence-electron chi connectivity index (χ1n) is 9.34. The zero-order valence-electron chi connectivity index (χ0n) is 16.3. The first-order valence-corrected chi connectivity index (χ1v) is 9.75. The molecule has 0 saturated carbocycles. The molecule has 30 heavy (non-hydrogen) atoms. The summed E-state index contributed by atoms with van der Waals surface area (Å²) in [5.41, 5.74) is 5.65. The van der Waals surface area contributed by atoms with Crippen LogP contribution in [0.1, 0.15) is 34.7 Å². The molecule has 1 aromatic heterocycles. The molecule has 2 aromatic rings. The summed E-state index contributed by atoms with van der Waals surface area (Å²) in [6.07, 6.45) is 2.13. The van der Waals surface area contributed by atoms with Crippen LogP contribution in [-0.4, -0.2) is 35.2 Å². The van der Waals surface area contributed by atoms with E-state index in [1.807, 2.05) is 0 Å². The molecular weight excluding hydrogens is 412 g/mol. The molecule has 11 heteroatoms. The van der Waals surface area contributed by atoms with E-state index < -0.39 is 10.8 Å². The molecule has 0 unspecified atom stereocenters. The first-order chi connectivity index (χ1) is 14.4. The lowest BCUT2D eigenvalue weighted by Gasteiger charge is -2.14. The van der Waals surface area contributed by atoms with Gasteiger partial charge in [-0.05, 0) is 55.7 Å². The van der Waals surface area contributed by atoms with E-state index in [0.717, 1.165) is 25.0 Å². The highest BCUT2D eigenvalue weighted by atomic mass is 32.1. The minimum atomic E-state index is -0.524. The third-order valence-electron chi connectivity index (χ3n) is 4.37. The van der Waals surface area contributed by atoms with E-state index in [2.05, 4.69) is 16.2 Å². The van der Waals surface area contributed by atoms with Crippen molar-refractivity contribution >= 4 is 28.9 Å². The molecule has 3 N–H and O–H groups in total. The smallest absolute Gasteiger partial charge is 0.311 e. The molecule has 10 nitrogen and oxygen atoms in total. The second-order valence-electron chi connectivity index (χ2n) is 6.71. The Kier molecular flexibility index (Phi) is 7.20. The Labute approximate surface area is 178 Å². The third kappa shape index (κ3) is 5.91. The molecule has 1 saturated heterocycles. The summed E-state index contributed by atoms with van der Waals surface area (Å²) in [6, 6.07) is 7.70. The van der Waals surface area contributed by atoms with Crippen LogP contribution in [0.25, 0.3) is 0 Å². The lowest BCUT2D eigenvalue weighted by atomic mass is 10.2. The van der Waals surface area contributed by atoms with Crippen LogP contribution < -0.4 is 20.9 Å².